The topological polar surface area (TPSA) is 64.7 Å². The highest BCUT2D eigenvalue weighted by atomic mass is 16.2. The molecule has 2 rings (SSSR count). The van der Waals surface area contributed by atoms with Crippen molar-refractivity contribution in [3.63, 3.8) is 0 Å². The largest absolute Gasteiger partial charge is 0.377 e. The fraction of sp³-hybridized carbons (Fsp3) is 0.579. The lowest BCUT2D eigenvalue weighted by atomic mass is 10.1. The van der Waals surface area contributed by atoms with Crippen molar-refractivity contribution in [3.05, 3.63) is 23.8 Å². The van der Waals surface area contributed by atoms with Crippen molar-refractivity contribution in [2.24, 2.45) is 5.92 Å². The first kappa shape index (κ1) is 19.1. The molecule has 25 heavy (non-hydrogen) atoms. The summed E-state index contributed by atoms with van der Waals surface area (Å²) in [4.78, 5) is 27.9. The monoisotopic (exact) mass is 346 g/mol. The number of anilines is 2. The average Bonchev–Trinajstić information content (AvgIpc) is 3.29. The summed E-state index contributed by atoms with van der Waals surface area (Å²) in [6, 6.07) is 5.68. The third-order valence-corrected chi connectivity index (χ3v) is 4.22. The summed E-state index contributed by atoms with van der Waals surface area (Å²) in [5.41, 5.74) is 2.81. The molecule has 138 valence electrons. The third kappa shape index (κ3) is 5.96. The fourth-order valence-corrected chi connectivity index (χ4v) is 2.78. The number of rotatable bonds is 7. The first-order valence-corrected chi connectivity index (χ1v) is 8.89. The smallest absolute Gasteiger partial charge is 0.319 e. The van der Waals surface area contributed by atoms with E-state index in [4.69, 9.17) is 0 Å². The van der Waals surface area contributed by atoms with Gasteiger partial charge in [-0.15, -0.1) is 0 Å². The minimum atomic E-state index is -0.222. The summed E-state index contributed by atoms with van der Waals surface area (Å²) in [7, 11) is 3.97. The molecule has 0 unspecified atom stereocenters. The Morgan fingerprint density at radius 3 is 2.44 bits per heavy atom. The number of nitrogens with one attached hydrogen (secondary N) is 2. The van der Waals surface area contributed by atoms with Gasteiger partial charge in [0.2, 0.25) is 5.91 Å². The molecule has 0 aliphatic heterocycles. The Morgan fingerprint density at radius 1 is 1.24 bits per heavy atom. The number of carbonyl (C=O) groups is 2. The zero-order valence-corrected chi connectivity index (χ0v) is 15.9. The Bertz CT molecular complexity index is 624. The lowest BCUT2D eigenvalue weighted by Crippen LogP contribution is -2.34. The van der Waals surface area contributed by atoms with Gasteiger partial charge in [0, 0.05) is 51.5 Å². The van der Waals surface area contributed by atoms with E-state index in [0.29, 0.717) is 12.5 Å². The third-order valence-electron chi connectivity index (χ3n) is 4.22. The van der Waals surface area contributed by atoms with E-state index in [9.17, 15) is 9.59 Å². The maximum absolute atomic E-state index is 12.0. The van der Waals surface area contributed by atoms with Crippen LogP contribution < -0.4 is 15.5 Å². The summed E-state index contributed by atoms with van der Waals surface area (Å²) in [5.74, 6) is 0.734. The number of carbonyl (C=O) groups excluding carboxylic acids is 2. The van der Waals surface area contributed by atoms with Gasteiger partial charge in [0.1, 0.15) is 0 Å². The Labute approximate surface area is 150 Å². The molecule has 6 heteroatoms. The molecule has 0 bridgehead atoms. The van der Waals surface area contributed by atoms with Gasteiger partial charge in [-0.2, -0.15) is 0 Å². The summed E-state index contributed by atoms with van der Waals surface area (Å²) in [6.07, 6.45) is 2.42. The number of benzene rings is 1. The quantitative estimate of drug-likeness (QED) is 0.797. The molecular weight excluding hydrogens is 316 g/mol. The van der Waals surface area contributed by atoms with Gasteiger partial charge in [0.25, 0.3) is 0 Å². The Balaban J connectivity index is 2.18. The van der Waals surface area contributed by atoms with E-state index in [-0.39, 0.29) is 18.0 Å². The van der Waals surface area contributed by atoms with E-state index in [1.807, 2.05) is 55.9 Å². The summed E-state index contributed by atoms with van der Waals surface area (Å²) >= 11 is 0. The van der Waals surface area contributed by atoms with Crippen LogP contribution in [0.15, 0.2) is 18.2 Å². The van der Waals surface area contributed by atoms with Crippen molar-refractivity contribution in [3.8, 4) is 0 Å². The number of hydrogen-bond donors (Lipinski definition) is 2. The van der Waals surface area contributed by atoms with E-state index in [1.165, 1.54) is 12.8 Å². The van der Waals surface area contributed by atoms with Gasteiger partial charge in [0.15, 0.2) is 0 Å². The number of amides is 3. The molecule has 0 saturated heterocycles. The summed E-state index contributed by atoms with van der Waals surface area (Å²) < 4.78 is 0. The molecule has 0 heterocycles. The molecule has 1 aliphatic carbocycles. The molecular formula is C19H30N4O2. The Morgan fingerprint density at radius 2 is 1.92 bits per heavy atom. The van der Waals surface area contributed by atoms with Crippen molar-refractivity contribution in [1.29, 1.82) is 0 Å². The lowest BCUT2D eigenvalue weighted by molar-refractivity contribution is -0.129. The SMILES string of the molecule is CC(=O)N(Cc1cc(NC(=O)NC(C)C)ccc1N(C)C)CC1CC1. The van der Waals surface area contributed by atoms with Crippen molar-refractivity contribution in [2.75, 3.05) is 30.9 Å². The highest BCUT2D eigenvalue weighted by Crippen LogP contribution is 2.31. The molecule has 0 atom stereocenters. The molecule has 1 fully saturated rings. The molecule has 0 radical (unpaired) electrons. The van der Waals surface area contributed by atoms with Gasteiger partial charge < -0.3 is 20.4 Å². The van der Waals surface area contributed by atoms with Crippen LogP contribution in [-0.2, 0) is 11.3 Å². The highest BCUT2D eigenvalue weighted by Gasteiger charge is 2.26. The van der Waals surface area contributed by atoms with E-state index in [0.717, 1.165) is 23.5 Å². The summed E-state index contributed by atoms with van der Waals surface area (Å²) in [6.45, 7) is 6.83. The molecule has 1 saturated carbocycles. The Hall–Kier alpha value is -2.24. The zero-order valence-electron chi connectivity index (χ0n) is 15.9. The molecule has 1 aromatic rings. The normalized spacial score (nSPS) is 13.5. The zero-order chi connectivity index (χ0) is 18.6. The minimum Gasteiger partial charge on any atom is -0.377 e. The molecule has 0 aromatic heterocycles. The average molecular weight is 346 g/mol. The predicted molar refractivity (Wildman–Crippen MR) is 102 cm³/mol. The molecule has 3 amide bonds. The Kier molecular flexibility index (Phi) is 6.28. The molecule has 0 spiro atoms. The predicted octanol–water partition coefficient (Wildman–Crippen LogP) is 3.04. The maximum atomic E-state index is 12.0. The number of hydrogen-bond acceptors (Lipinski definition) is 3. The molecule has 1 aliphatic rings. The van der Waals surface area contributed by atoms with Crippen LogP contribution in [0.3, 0.4) is 0 Å². The lowest BCUT2D eigenvalue weighted by Gasteiger charge is -2.25. The second-order valence-electron chi connectivity index (χ2n) is 7.33. The molecule has 6 nitrogen and oxygen atoms in total. The van der Waals surface area contributed by atoms with Gasteiger partial charge >= 0.3 is 6.03 Å². The standard InChI is InChI=1S/C19H30N4O2/c1-13(2)20-19(25)21-17-8-9-18(22(4)5)16(10-17)12-23(14(3)24)11-15-6-7-15/h8-10,13,15H,6-7,11-12H2,1-5H3,(H2,20,21,25). The van der Waals surface area contributed by atoms with Gasteiger partial charge in [0.05, 0.1) is 0 Å². The molecule has 2 N–H and O–H groups in total. The van der Waals surface area contributed by atoms with E-state index in [1.54, 1.807) is 6.92 Å². The van der Waals surface area contributed by atoms with Crippen LogP contribution in [0.25, 0.3) is 0 Å². The second-order valence-corrected chi connectivity index (χ2v) is 7.33. The van der Waals surface area contributed by atoms with E-state index in [2.05, 4.69) is 10.6 Å². The van der Waals surface area contributed by atoms with Gasteiger partial charge in [-0.1, -0.05) is 0 Å². The van der Waals surface area contributed by atoms with Crippen molar-refractivity contribution in [2.45, 2.75) is 46.2 Å². The maximum Gasteiger partial charge on any atom is 0.319 e. The van der Waals surface area contributed by atoms with Crippen LogP contribution in [-0.4, -0.2) is 43.5 Å². The van der Waals surface area contributed by atoms with Crippen molar-refractivity contribution in [1.82, 2.24) is 10.2 Å². The van der Waals surface area contributed by atoms with Gasteiger partial charge in [-0.05, 0) is 56.4 Å². The summed E-state index contributed by atoms with van der Waals surface area (Å²) in [5, 5.41) is 5.68. The second kappa shape index (κ2) is 8.23. The van der Waals surface area contributed by atoms with Crippen molar-refractivity contribution >= 4 is 23.3 Å². The number of nitrogens with zero attached hydrogens (tertiary/aromatic N) is 2. The minimum absolute atomic E-state index is 0.0762. The first-order valence-electron chi connectivity index (χ1n) is 8.89. The van der Waals surface area contributed by atoms with Gasteiger partial charge in [-0.25, -0.2) is 4.79 Å². The van der Waals surface area contributed by atoms with E-state index >= 15 is 0 Å². The van der Waals surface area contributed by atoms with Crippen LogP contribution in [0.5, 0.6) is 0 Å². The van der Waals surface area contributed by atoms with Crippen molar-refractivity contribution < 1.29 is 9.59 Å². The van der Waals surface area contributed by atoms with Crippen LogP contribution in [0, 0.1) is 5.92 Å². The van der Waals surface area contributed by atoms with Crippen LogP contribution in [0.4, 0.5) is 16.2 Å². The van der Waals surface area contributed by atoms with Gasteiger partial charge in [-0.3, -0.25) is 4.79 Å². The number of urea groups is 1. The van der Waals surface area contributed by atoms with Crippen LogP contribution in [0.1, 0.15) is 39.2 Å². The first-order chi connectivity index (χ1) is 11.8. The van der Waals surface area contributed by atoms with Crippen LogP contribution >= 0.6 is 0 Å². The molecule has 1 aromatic carbocycles. The van der Waals surface area contributed by atoms with E-state index < -0.39 is 0 Å². The van der Waals surface area contributed by atoms with Crippen LogP contribution in [0.2, 0.25) is 0 Å². The fourth-order valence-electron chi connectivity index (χ4n) is 2.78. The highest BCUT2D eigenvalue weighted by molar-refractivity contribution is 5.90.